The third-order valence-electron chi connectivity index (χ3n) is 4.98. The molecule has 0 saturated heterocycles. The SMILES string of the molecule is CCCCCCCCCCCCCCCCCCC(C)(C)C.COS(=O)(=O)[O-]. The summed E-state index contributed by atoms with van der Waals surface area (Å²) in [6.45, 7) is 9.38. The molecule has 28 heavy (non-hydrogen) atoms. The lowest BCUT2D eigenvalue weighted by molar-refractivity contribution is 0.314. The van der Waals surface area contributed by atoms with Crippen LogP contribution in [0.1, 0.15) is 137 Å². The molecule has 0 N–H and O–H groups in total. The molecule has 0 atom stereocenters. The van der Waals surface area contributed by atoms with Gasteiger partial charge in [-0.05, 0) is 11.8 Å². The smallest absolute Gasteiger partial charge is 0.217 e. The molecular weight excluding hydrogens is 372 g/mol. The van der Waals surface area contributed by atoms with E-state index in [0.29, 0.717) is 5.41 Å². The Bertz CT molecular complexity index is 399. The van der Waals surface area contributed by atoms with Crippen molar-refractivity contribution in [3.63, 3.8) is 0 Å². The summed E-state index contributed by atoms with van der Waals surface area (Å²) in [6.07, 6.45) is 24.8. The van der Waals surface area contributed by atoms with Crippen LogP contribution in [-0.4, -0.2) is 20.1 Å². The molecule has 0 spiro atoms. The van der Waals surface area contributed by atoms with Crippen LogP contribution in [0.5, 0.6) is 0 Å². The molecule has 0 fully saturated rings. The molecule has 0 rings (SSSR count). The molecule has 0 radical (unpaired) electrons. The molecule has 0 amide bonds. The van der Waals surface area contributed by atoms with E-state index in [4.69, 9.17) is 0 Å². The highest BCUT2D eigenvalue weighted by Crippen LogP contribution is 2.22. The maximum atomic E-state index is 9.22. The third-order valence-corrected chi connectivity index (χ3v) is 5.39. The van der Waals surface area contributed by atoms with Crippen LogP contribution in [0.2, 0.25) is 0 Å². The number of unbranched alkanes of at least 4 members (excludes halogenated alkanes) is 15. The summed E-state index contributed by atoms with van der Waals surface area (Å²) >= 11 is 0. The lowest BCUT2D eigenvalue weighted by Crippen LogP contribution is -2.03. The molecule has 0 bridgehead atoms. The Kier molecular flexibility index (Phi) is 21.6. The molecule has 0 aliphatic heterocycles. The van der Waals surface area contributed by atoms with E-state index in [2.05, 4.69) is 31.9 Å². The van der Waals surface area contributed by atoms with E-state index < -0.39 is 10.4 Å². The summed E-state index contributed by atoms with van der Waals surface area (Å²) in [5.74, 6) is 0. The maximum Gasteiger partial charge on any atom is 0.217 e. The Morgan fingerprint density at radius 3 is 1.11 bits per heavy atom. The molecule has 0 heterocycles. The molecule has 0 aromatic heterocycles. The Morgan fingerprint density at radius 2 is 0.893 bits per heavy atom. The zero-order valence-electron chi connectivity index (χ0n) is 19.6. The summed E-state index contributed by atoms with van der Waals surface area (Å²) in [6, 6.07) is 0. The van der Waals surface area contributed by atoms with Crippen LogP contribution in [-0.2, 0) is 14.6 Å². The Labute approximate surface area is 177 Å². The second kappa shape index (κ2) is 20.2. The summed E-state index contributed by atoms with van der Waals surface area (Å²) < 4.78 is 31.0. The minimum absolute atomic E-state index is 0.538. The van der Waals surface area contributed by atoms with Gasteiger partial charge in [-0.1, -0.05) is 130 Å². The minimum atomic E-state index is -4.41. The van der Waals surface area contributed by atoms with Gasteiger partial charge in [0.15, 0.2) is 0 Å². The summed E-state index contributed by atoms with van der Waals surface area (Å²) in [5, 5.41) is 0. The first-order chi connectivity index (χ1) is 13.1. The Hall–Kier alpha value is -0.130. The fourth-order valence-corrected chi connectivity index (χ4v) is 3.20. The fraction of sp³-hybridized carbons (Fsp3) is 1.00. The van der Waals surface area contributed by atoms with Gasteiger partial charge in [-0.2, -0.15) is 0 Å². The van der Waals surface area contributed by atoms with Gasteiger partial charge in [0, 0.05) is 0 Å². The van der Waals surface area contributed by atoms with Crippen LogP contribution in [0.4, 0.5) is 0 Å². The number of hydrogen-bond donors (Lipinski definition) is 0. The van der Waals surface area contributed by atoms with Gasteiger partial charge >= 0.3 is 0 Å². The molecule has 0 aromatic rings. The van der Waals surface area contributed by atoms with Crippen molar-refractivity contribution < 1.29 is 17.2 Å². The van der Waals surface area contributed by atoms with Crippen LogP contribution in [0.3, 0.4) is 0 Å². The predicted octanol–water partition coefficient (Wildman–Crippen LogP) is 7.78. The first-order valence-electron chi connectivity index (χ1n) is 11.6. The summed E-state index contributed by atoms with van der Waals surface area (Å²) in [7, 11) is -3.60. The molecule has 0 saturated carbocycles. The summed E-state index contributed by atoms with van der Waals surface area (Å²) in [4.78, 5) is 0. The van der Waals surface area contributed by atoms with Gasteiger partial charge in [0.2, 0.25) is 10.4 Å². The Balaban J connectivity index is 0. The van der Waals surface area contributed by atoms with Crippen molar-refractivity contribution in [1.29, 1.82) is 0 Å². The topological polar surface area (TPSA) is 66.4 Å². The van der Waals surface area contributed by atoms with Crippen molar-refractivity contribution in [3.05, 3.63) is 0 Å². The van der Waals surface area contributed by atoms with E-state index in [1.165, 1.54) is 109 Å². The van der Waals surface area contributed by atoms with Crippen molar-refractivity contribution in [1.82, 2.24) is 0 Å². The highest BCUT2D eigenvalue weighted by Gasteiger charge is 2.08. The van der Waals surface area contributed by atoms with Gasteiger partial charge in [-0.3, -0.25) is 4.18 Å². The van der Waals surface area contributed by atoms with Gasteiger partial charge in [0.25, 0.3) is 0 Å². The second-order valence-electron chi connectivity index (χ2n) is 9.19. The second-order valence-corrected chi connectivity index (χ2v) is 10.3. The first-order valence-corrected chi connectivity index (χ1v) is 13.0. The molecular formula is C23H49O4S-. The lowest BCUT2D eigenvalue weighted by atomic mass is 9.89. The molecule has 0 aromatic carbocycles. The van der Waals surface area contributed by atoms with Gasteiger partial charge in [-0.25, -0.2) is 8.42 Å². The van der Waals surface area contributed by atoms with Gasteiger partial charge < -0.3 is 4.55 Å². The van der Waals surface area contributed by atoms with E-state index >= 15 is 0 Å². The van der Waals surface area contributed by atoms with E-state index in [0.717, 1.165) is 7.11 Å². The van der Waals surface area contributed by atoms with Crippen molar-refractivity contribution in [2.45, 2.75) is 137 Å². The first kappa shape index (κ1) is 30.1. The van der Waals surface area contributed by atoms with Crippen molar-refractivity contribution in [2.75, 3.05) is 7.11 Å². The van der Waals surface area contributed by atoms with Crippen LogP contribution >= 0.6 is 0 Å². The molecule has 5 heteroatoms. The fourth-order valence-electron chi connectivity index (χ4n) is 3.20. The highest BCUT2D eigenvalue weighted by molar-refractivity contribution is 7.80. The van der Waals surface area contributed by atoms with Crippen LogP contribution in [0.25, 0.3) is 0 Å². The van der Waals surface area contributed by atoms with Crippen LogP contribution in [0.15, 0.2) is 0 Å². The monoisotopic (exact) mass is 421 g/mol. The minimum Gasteiger partial charge on any atom is -0.726 e. The van der Waals surface area contributed by atoms with Crippen molar-refractivity contribution in [3.8, 4) is 0 Å². The Morgan fingerprint density at radius 1 is 0.643 bits per heavy atom. The van der Waals surface area contributed by atoms with Gasteiger partial charge in [-0.15, -0.1) is 0 Å². The molecule has 0 unspecified atom stereocenters. The zero-order valence-corrected chi connectivity index (χ0v) is 20.4. The van der Waals surface area contributed by atoms with Crippen LogP contribution < -0.4 is 0 Å². The van der Waals surface area contributed by atoms with Crippen molar-refractivity contribution in [2.24, 2.45) is 5.41 Å². The van der Waals surface area contributed by atoms with Gasteiger partial charge in [0.1, 0.15) is 0 Å². The van der Waals surface area contributed by atoms with E-state index in [9.17, 15) is 13.0 Å². The quantitative estimate of drug-likeness (QED) is 0.137. The van der Waals surface area contributed by atoms with Gasteiger partial charge in [0.05, 0.1) is 7.11 Å². The average molecular weight is 422 g/mol. The molecule has 0 aliphatic rings. The number of hydrogen-bond acceptors (Lipinski definition) is 4. The van der Waals surface area contributed by atoms with E-state index in [-0.39, 0.29) is 0 Å². The zero-order chi connectivity index (χ0) is 21.7. The highest BCUT2D eigenvalue weighted by atomic mass is 32.3. The number of rotatable bonds is 17. The normalized spacial score (nSPS) is 11.9. The standard InChI is InChI=1S/C22H46.CH4O4S/c1-5-6-7-8-9-10-11-12-13-14-15-16-17-18-19-20-21-22(2,3)4;1-5-6(2,3)4/h5-21H2,1-4H3;1H3,(H,2,3,4)/p-1. The third kappa shape index (κ3) is 33.5. The molecule has 4 nitrogen and oxygen atoms in total. The van der Waals surface area contributed by atoms with E-state index in [1.54, 1.807) is 0 Å². The summed E-state index contributed by atoms with van der Waals surface area (Å²) in [5.41, 5.74) is 0.538. The molecule has 172 valence electrons. The van der Waals surface area contributed by atoms with Crippen LogP contribution in [0, 0.1) is 5.41 Å². The maximum absolute atomic E-state index is 9.22. The largest absolute Gasteiger partial charge is 0.726 e. The molecule has 0 aliphatic carbocycles. The average Bonchev–Trinajstić information content (AvgIpc) is 2.60. The van der Waals surface area contributed by atoms with E-state index in [1.807, 2.05) is 0 Å². The predicted molar refractivity (Wildman–Crippen MR) is 120 cm³/mol. The van der Waals surface area contributed by atoms with Crippen molar-refractivity contribution >= 4 is 10.4 Å². The lowest BCUT2D eigenvalue weighted by Gasteiger charge is -2.17.